The van der Waals surface area contributed by atoms with Crippen LogP contribution in [0.1, 0.15) is 11.1 Å². The van der Waals surface area contributed by atoms with Crippen LogP contribution in [0.5, 0.6) is 0 Å². The average Bonchev–Trinajstić information content (AvgIpc) is 2.81. The maximum absolute atomic E-state index is 13.9. The van der Waals surface area contributed by atoms with E-state index in [1.807, 2.05) is 42.5 Å². The second-order valence-electron chi connectivity index (χ2n) is 7.42. The molecule has 0 aliphatic rings. The van der Waals surface area contributed by atoms with E-state index in [1.165, 1.54) is 22.7 Å². The second-order valence-corrected chi connectivity index (χ2v) is 8.36. The van der Waals surface area contributed by atoms with Crippen LogP contribution in [0.3, 0.4) is 0 Å². The number of halogens is 1. The van der Waals surface area contributed by atoms with Gasteiger partial charge in [-0.1, -0.05) is 72.4 Å². The molecule has 4 aromatic rings. The average molecular weight is 448 g/mol. The quantitative estimate of drug-likeness (QED) is 0.313. The molecule has 1 aromatic heterocycles. The normalized spacial score (nSPS) is 10.9. The Bertz CT molecular complexity index is 1310. The lowest BCUT2D eigenvalue weighted by atomic mass is 10.2. The standard InChI is InChI=1S/C25H22FN3O2S/c1-28(16-19-11-5-7-13-21(19)26)23(30)17-32-25-27-22-14-8-6-12-20(22)24(31)29(25)15-18-9-3-2-4-10-18/h2-14H,15-17H2,1H3. The maximum atomic E-state index is 13.9. The van der Waals surface area contributed by atoms with Gasteiger partial charge in [0.1, 0.15) is 5.82 Å². The largest absolute Gasteiger partial charge is 0.341 e. The molecule has 0 spiro atoms. The first-order valence-corrected chi connectivity index (χ1v) is 11.1. The number of carbonyl (C=O) groups is 1. The topological polar surface area (TPSA) is 55.2 Å². The van der Waals surface area contributed by atoms with E-state index in [0.29, 0.717) is 28.2 Å². The van der Waals surface area contributed by atoms with Crippen LogP contribution in [0.15, 0.2) is 88.8 Å². The molecule has 3 aromatic carbocycles. The van der Waals surface area contributed by atoms with Crippen molar-refractivity contribution in [2.45, 2.75) is 18.2 Å². The first-order chi connectivity index (χ1) is 15.5. The third kappa shape index (κ3) is 4.89. The Balaban J connectivity index is 1.57. The number of carbonyl (C=O) groups excluding carboxylic acids is 1. The lowest BCUT2D eigenvalue weighted by molar-refractivity contribution is -0.127. The summed E-state index contributed by atoms with van der Waals surface area (Å²) < 4.78 is 15.5. The number of hydrogen-bond donors (Lipinski definition) is 0. The number of amides is 1. The summed E-state index contributed by atoms with van der Waals surface area (Å²) in [6.07, 6.45) is 0. The fraction of sp³-hybridized carbons (Fsp3) is 0.160. The molecule has 162 valence electrons. The van der Waals surface area contributed by atoms with Gasteiger partial charge in [-0.05, 0) is 23.8 Å². The van der Waals surface area contributed by atoms with Crippen molar-refractivity contribution in [3.8, 4) is 0 Å². The van der Waals surface area contributed by atoms with Crippen LogP contribution in [-0.4, -0.2) is 33.2 Å². The Labute approximate surface area is 189 Å². The minimum atomic E-state index is -0.340. The fourth-order valence-corrected chi connectivity index (χ4v) is 4.31. The van der Waals surface area contributed by atoms with E-state index in [1.54, 1.807) is 41.9 Å². The molecule has 4 rings (SSSR count). The van der Waals surface area contributed by atoms with E-state index in [9.17, 15) is 14.0 Å². The minimum absolute atomic E-state index is 0.0878. The molecule has 0 atom stereocenters. The molecule has 0 N–H and O–H groups in total. The maximum Gasteiger partial charge on any atom is 0.262 e. The molecule has 5 nitrogen and oxygen atoms in total. The molecule has 0 saturated heterocycles. The van der Waals surface area contributed by atoms with Crippen LogP contribution in [0.25, 0.3) is 10.9 Å². The SMILES string of the molecule is CN(Cc1ccccc1F)C(=O)CSc1nc2ccccc2c(=O)n1Cc1ccccc1. The number of aromatic nitrogens is 2. The van der Waals surface area contributed by atoms with Crippen LogP contribution in [0.2, 0.25) is 0 Å². The Morgan fingerprint density at radius 1 is 1.00 bits per heavy atom. The molecule has 0 fully saturated rings. The molecular formula is C25H22FN3O2S. The predicted molar refractivity (Wildman–Crippen MR) is 125 cm³/mol. The smallest absolute Gasteiger partial charge is 0.262 e. The van der Waals surface area contributed by atoms with E-state index < -0.39 is 0 Å². The minimum Gasteiger partial charge on any atom is -0.341 e. The predicted octanol–water partition coefficient (Wildman–Crippen LogP) is 4.33. The Kier molecular flexibility index (Phi) is 6.66. The molecule has 0 aliphatic heterocycles. The number of rotatable bonds is 7. The number of nitrogens with zero attached hydrogens (tertiary/aromatic N) is 3. The molecule has 0 aliphatic carbocycles. The number of thioether (sulfide) groups is 1. The van der Waals surface area contributed by atoms with Gasteiger partial charge in [-0.15, -0.1) is 0 Å². The van der Waals surface area contributed by atoms with Crippen molar-refractivity contribution in [2.75, 3.05) is 12.8 Å². The lowest BCUT2D eigenvalue weighted by Crippen LogP contribution is -2.29. The Hall–Kier alpha value is -3.45. The number of fused-ring (bicyclic) bond motifs is 1. The number of para-hydroxylation sites is 1. The summed E-state index contributed by atoms with van der Waals surface area (Å²) in [6, 6.07) is 23.3. The molecule has 7 heteroatoms. The summed E-state index contributed by atoms with van der Waals surface area (Å²) in [5, 5.41) is 1.01. The summed E-state index contributed by atoms with van der Waals surface area (Å²) in [6.45, 7) is 0.535. The fourth-order valence-electron chi connectivity index (χ4n) is 3.37. The zero-order valence-corrected chi connectivity index (χ0v) is 18.4. The van der Waals surface area contributed by atoms with E-state index >= 15 is 0 Å². The highest BCUT2D eigenvalue weighted by atomic mass is 32.2. The van der Waals surface area contributed by atoms with Crippen molar-refractivity contribution in [3.63, 3.8) is 0 Å². The van der Waals surface area contributed by atoms with E-state index in [2.05, 4.69) is 4.98 Å². The Morgan fingerprint density at radius 2 is 1.69 bits per heavy atom. The summed E-state index contributed by atoms with van der Waals surface area (Å²) in [5.74, 6) is -0.426. The van der Waals surface area contributed by atoms with Crippen molar-refractivity contribution in [2.24, 2.45) is 0 Å². The van der Waals surface area contributed by atoms with E-state index in [4.69, 9.17) is 0 Å². The number of benzene rings is 3. The van der Waals surface area contributed by atoms with Gasteiger partial charge in [0, 0.05) is 19.2 Å². The van der Waals surface area contributed by atoms with Crippen LogP contribution >= 0.6 is 11.8 Å². The number of hydrogen-bond acceptors (Lipinski definition) is 4. The summed E-state index contributed by atoms with van der Waals surface area (Å²) in [5.41, 5.74) is 1.88. The van der Waals surface area contributed by atoms with Crippen LogP contribution in [-0.2, 0) is 17.9 Å². The summed E-state index contributed by atoms with van der Waals surface area (Å²) >= 11 is 1.21. The summed E-state index contributed by atoms with van der Waals surface area (Å²) in [4.78, 5) is 32.0. The second kappa shape index (κ2) is 9.78. The van der Waals surface area contributed by atoms with Crippen LogP contribution in [0.4, 0.5) is 4.39 Å². The molecule has 32 heavy (non-hydrogen) atoms. The van der Waals surface area contributed by atoms with Gasteiger partial charge < -0.3 is 4.90 Å². The molecule has 0 bridgehead atoms. The van der Waals surface area contributed by atoms with Gasteiger partial charge in [0.25, 0.3) is 5.56 Å². The highest BCUT2D eigenvalue weighted by Gasteiger charge is 2.16. The molecule has 0 radical (unpaired) electrons. The van der Waals surface area contributed by atoms with Crippen molar-refractivity contribution < 1.29 is 9.18 Å². The molecule has 1 heterocycles. The molecular weight excluding hydrogens is 425 g/mol. The first-order valence-electron chi connectivity index (χ1n) is 10.2. The van der Waals surface area contributed by atoms with Gasteiger partial charge in [-0.25, -0.2) is 9.37 Å². The zero-order valence-electron chi connectivity index (χ0n) is 17.6. The first kappa shape index (κ1) is 21.8. The van der Waals surface area contributed by atoms with Crippen LogP contribution in [0, 0.1) is 5.82 Å². The van der Waals surface area contributed by atoms with Crippen molar-refractivity contribution in [1.29, 1.82) is 0 Å². The van der Waals surface area contributed by atoms with Gasteiger partial charge in [-0.2, -0.15) is 0 Å². The zero-order chi connectivity index (χ0) is 22.5. The highest BCUT2D eigenvalue weighted by molar-refractivity contribution is 7.99. The van der Waals surface area contributed by atoms with E-state index in [0.717, 1.165) is 5.56 Å². The van der Waals surface area contributed by atoms with Gasteiger partial charge in [0.2, 0.25) is 5.91 Å². The highest BCUT2D eigenvalue weighted by Crippen LogP contribution is 2.20. The van der Waals surface area contributed by atoms with Gasteiger partial charge in [0.05, 0.1) is 23.2 Å². The van der Waals surface area contributed by atoms with E-state index in [-0.39, 0.29) is 29.6 Å². The molecule has 1 amide bonds. The van der Waals surface area contributed by atoms with Crippen molar-refractivity contribution >= 4 is 28.6 Å². The van der Waals surface area contributed by atoms with Gasteiger partial charge in [-0.3, -0.25) is 14.2 Å². The van der Waals surface area contributed by atoms with Crippen molar-refractivity contribution in [3.05, 3.63) is 106 Å². The van der Waals surface area contributed by atoms with Crippen LogP contribution < -0.4 is 5.56 Å². The van der Waals surface area contributed by atoms with Gasteiger partial charge >= 0.3 is 0 Å². The third-order valence-electron chi connectivity index (χ3n) is 5.13. The summed E-state index contributed by atoms with van der Waals surface area (Å²) in [7, 11) is 1.64. The van der Waals surface area contributed by atoms with Gasteiger partial charge in [0.15, 0.2) is 5.16 Å². The monoisotopic (exact) mass is 447 g/mol. The van der Waals surface area contributed by atoms with Crippen molar-refractivity contribution in [1.82, 2.24) is 14.5 Å². The third-order valence-corrected chi connectivity index (χ3v) is 6.09. The molecule has 0 saturated carbocycles. The lowest BCUT2D eigenvalue weighted by Gasteiger charge is -2.18. The molecule has 0 unspecified atom stereocenters. The Morgan fingerprint density at radius 3 is 2.47 bits per heavy atom.